The Morgan fingerprint density at radius 1 is 1.50 bits per heavy atom. The molecule has 2 heterocycles. The average molecular weight is 305 g/mol. The lowest BCUT2D eigenvalue weighted by atomic mass is 9.98. The molecule has 6 nitrogen and oxygen atoms in total. The molecular formula is C15H16FN3O3. The van der Waals surface area contributed by atoms with Gasteiger partial charge in [0.25, 0.3) is 0 Å². The highest BCUT2D eigenvalue weighted by atomic mass is 19.1. The fourth-order valence-corrected chi connectivity index (χ4v) is 2.66. The maximum atomic E-state index is 13.2. The highest BCUT2D eigenvalue weighted by Gasteiger charge is 2.26. The molecule has 0 amide bonds. The first-order chi connectivity index (χ1) is 10.6. The standard InChI is InChI=1S/C15H16FN3O3/c16-12-5-1-3-10(7-12)14-17-13(22-18-14)9-19-6-2-4-11(8-19)15(20)21/h1,3,5,7,11H,2,4,6,8-9H2,(H,20,21). The van der Waals surface area contributed by atoms with Crippen LogP contribution in [0.4, 0.5) is 4.39 Å². The highest BCUT2D eigenvalue weighted by molar-refractivity contribution is 5.70. The summed E-state index contributed by atoms with van der Waals surface area (Å²) in [6.45, 7) is 1.70. The van der Waals surface area contributed by atoms with Crippen molar-refractivity contribution in [1.29, 1.82) is 0 Å². The molecule has 1 N–H and O–H groups in total. The molecule has 3 rings (SSSR count). The quantitative estimate of drug-likeness (QED) is 0.932. The fraction of sp³-hybridized carbons (Fsp3) is 0.400. The van der Waals surface area contributed by atoms with E-state index in [0.717, 1.165) is 13.0 Å². The summed E-state index contributed by atoms with van der Waals surface area (Å²) in [5, 5.41) is 12.9. The molecule has 1 unspecified atom stereocenters. The van der Waals surface area contributed by atoms with Gasteiger partial charge in [-0.3, -0.25) is 9.69 Å². The first-order valence-electron chi connectivity index (χ1n) is 7.15. The van der Waals surface area contributed by atoms with Crippen molar-refractivity contribution < 1.29 is 18.8 Å². The van der Waals surface area contributed by atoms with E-state index in [1.165, 1.54) is 12.1 Å². The molecule has 116 valence electrons. The SMILES string of the molecule is O=C(O)C1CCCN(Cc2nc(-c3cccc(F)c3)no2)C1. The minimum Gasteiger partial charge on any atom is -0.481 e. The van der Waals surface area contributed by atoms with Gasteiger partial charge in [-0.1, -0.05) is 17.3 Å². The first-order valence-corrected chi connectivity index (χ1v) is 7.15. The normalized spacial score (nSPS) is 19.2. The zero-order valence-corrected chi connectivity index (χ0v) is 11.9. The Bertz CT molecular complexity index is 674. The van der Waals surface area contributed by atoms with Gasteiger partial charge in [-0.2, -0.15) is 4.98 Å². The van der Waals surface area contributed by atoms with E-state index in [0.29, 0.717) is 36.8 Å². The van der Waals surface area contributed by atoms with Crippen molar-refractivity contribution in [2.75, 3.05) is 13.1 Å². The summed E-state index contributed by atoms with van der Waals surface area (Å²) in [7, 11) is 0. The molecule has 0 radical (unpaired) electrons. The number of hydrogen-bond donors (Lipinski definition) is 1. The number of rotatable bonds is 4. The van der Waals surface area contributed by atoms with Crippen molar-refractivity contribution in [3.8, 4) is 11.4 Å². The Balaban J connectivity index is 1.68. The van der Waals surface area contributed by atoms with Gasteiger partial charge in [0.1, 0.15) is 5.82 Å². The molecule has 1 atom stereocenters. The molecule has 1 aliphatic rings. The minimum atomic E-state index is -0.768. The summed E-state index contributed by atoms with van der Waals surface area (Å²) in [5.74, 6) is -0.731. The van der Waals surface area contributed by atoms with E-state index < -0.39 is 5.97 Å². The number of carboxylic acids is 1. The van der Waals surface area contributed by atoms with Gasteiger partial charge in [0.2, 0.25) is 11.7 Å². The van der Waals surface area contributed by atoms with Gasteiger partial charge in [0, 0.05) is 12.1 Å². The number of halogens is 1. The van der Waals surface area contributed by atoms with Crippen LogP contribution in [0, 0.1) is 11.7 Å². The van der Waals surface area contributed by atoms with E-state index in [9.17, 15) is 9.18 Å². The smallest absolute Gasteiger partial charge is 0.307 e. The first kappa shape index (κ1) is 14.6. The Kier molecular flexibility index (Phi) is 4.15. The number of aliphatic carboxylic acids is 1. The van der Waals surface area contributed by atoms with E-state index in [4.69, 9.17) is 9.63 Å². The monoisotopic (exact) mass is 305 g/mol. The number of hydrogen-bond acceptors (Lipinski definition) is 5. The Morgan fingerprint density at radius 2 is 2.36 bits per heavy atom. The van der Waals surface area contributed by atoms with Crippen molar-refractivity contribution in [3.05, 3.63) is 36.0 Å². The van der Waals surface area contributed by atoms with Gasteiger partial charge >= 0.3 is 5.97 Å². The summed E-state index contributed by atoms with van der Waals surface area (Å²) in [6, 6.07) is 5.99. The number of nitrogens with zero attached hydrogens (tertiary/aromatic N) is 3. The summed E-state index contributed by atoms with van der Waals surface area (Å²) in [5.41, 5.74) is 0.553. The Labute approximate surface area is 126 Å². The Morgan fingerprint density at radius 3 is 3.14 bits per heavy atom. The van der Waals surface area contributed by atoms with Gasteiger partial charge in [0.15, 0.2) is 0 Å². The maximum Gasteiger partial charge on any atom is 0.307 e. The summed E-state index contributed by atoms with van der Waals surface area (Å²) < 4.78 is 18.4. The molecule has 1 fully saturated rings. The Hall–Kier alpha value is -2.28. The predicted octanol–water partition coefficient (Wildman–Crippen LogP) is 2.17. The van der Waals surface area contributed by atoms with Crippen LogP contribution < -0.4 is 0 Å². The summed E-state index contributed by atoms with van der Waals surface area (Å²) in [4.78, 5) is 17.3. The van der Waals surface area contributed by atoms with Gasteiger partial charge in [-0.25, -0.2) is 4.39 Å². The number of piperidine rings is 1. The largest absolute Gasteiger partial charge is 0.481 e. The highest BCUT2D eigenvalue weighted by Crippen LogP contribution is 2.20. The number of likely N-dealkylation sites (tertiary alicyclic amines) is 1. The third-order valence-corrected chi connectivity index (χ3v) is 3.76. The van der Waals surface area contributed by atoms with E-state index in [1.54, 1.807) is 12.1 Å². The van der Waals surface area contributed by atoms with Crippen molar-refractivity contribution in [3.63, 3.8) is 0 Å². The van der Waals surface area contributed by atoms with E-state index in [2.05, 4.69) is 10.1 Å². The van der Waals surface area contributed by atoms with Gasteiger partial charge in [-0.15, -0.1) is 0 Å². The molecule has 22 heavy (non-hydrogen) atoms. The average Bonchev–Trinajstić information content (AvgIpc) is 2.96. The molecule has 0 aliphatic carbocycles. The van der Waals surface area contributed by atoms with Crippen LogP contribution in [0.1, 0.15) is 18.7 Å². The third-order valence-electron chi connectivity index (χ3n) is 3.76. The number of aromatic nitrogens is 2. The van der Waals surface area contributed by atoms with Crippen LogP contribution in [-0.4, -0.2) is 39.2 Å². The lowest BCUT2D eigenvalue weighted by molar-refractivity contribution is -0.143. The molecule has 0 saturated carbocycles. The van der Waals surface area contributed by atoms with Crippen molar-refractivity contribution in [2.24, 2.45) is 5.92 Å². The van der Waals surface area contributed by atoms with Crippen LogP contribution in [0.2, 0.25) is 0 Å². The van der Waals surface area contributed by atoms with Crippen LogP contribution in [0.5, 0.6) is 0 Å². The minimum absolute atomic E-state index is 0.335. The molecule has 1 aliphatic heterocycles. The fourth-order valence-electron chi connectivity index (χ4n) is 2.66. The van der Waals surface area contributed by atoms with Gasteiger partial charge in [-0.05, 0) is 31.5 Å². The molecule has 0 spiro atoms. The zero-order valence-electron chi connectivity index (χ0n) is 11.9. The molecule has 1 saturated heterocycles. The summed E-state index contributed by atoms with van der Waals surface area (Å²) >= 11 is 0. The van der Waals surface area contributed by atoms with Crippen LogP contribution >= 0.6 is 0 Å². The third kappa shape index (κ3) is 3.30. The molecule has 2 aromatic rings. The van der Waals surface area contributed by atoms with Crippen LogP contribution in [-0.2, 0) is 11.3 Å². The lowest BCUT2D eigenvalue weighted by Crippen LogP contribution is -2.38. The van der Waals surface area contributed by atoms with Gasteiger partial charge < -0.3 is 9.63 Å². The summed E-state index contributed by atoms with van der Waals surface area (Å²) in [6.07, 6.45) is 1.53. The van der Waals surface area contributed by atoms with Crippen LogP contribution in [0.15, 0.2) is 28.8 Å². The van der Waals surface area contributed by atoms with Crippen molar-refractivity contribution in [2.45, 2.75) is 19.4 Å². The van der Waals surface area contributed by atoms with E-state index in [-0.39, 0.29) is 11.7 Å². The topological polar surface area (TPSA) is 79.5 Å². The number of carbonyl (C=O) groups is 1. The van der Waals surface area contributed by atoms with E-state index >= 15 is 0 Å². The van der Waals surface area contributed by atoms with Crippen LogP contribution in [0.3, 0.4) is 0 Å². The number of benzene rings is 1. The molecular weight excluding hydrogens is 289 g/mol. The lowest BCUT2D eigenvalue weighted by Gasteiger charge is -2.29. The van der Waals surface area contributed by atoms with Crippen LogP contribution in [0.25, 0.3) is 11.4 Å². The second kappa shape index (κ2) is 6.23. The zero-order chi connectivity index (χ0) is 15.5. The molecule has 0 bridgehead atoms. The second-order valence-electron chi connectivity index (χ2n) is 5.43. The van der Waals surface area contributed by atoms with Gasteiger partial charge in [0.05, 0.1) is 12.5 Å². The number of carboxylic acid groups (broad SMARTS) is 1. The molecule has 7 heteroatoms. The predicted molar refractivity (Wildman–Crippen MR) is 75.3 cm³/mol. The van der Waals surface area contributed by atoms with Crippen molar-refractivity contribution >= 4 is 5.97 Å². The van der Waals surface area contributed by atoms with Crippen molar-refractivity contribution in [1.82, 2.24) is 15.0 Å². The second-order valence-corrected chi connectivity index (χ2v) is 5.43. The van der Waals surface area contributed by atoms with E-state index in [1.807, 2.05) is 4.90 Å². The molecule has 1 aromatic heterocycles. The molecule has 1 aromatic carbocycles. The maximum absolute atomic E-state index is 13.2.